The number of aryl methyl sites for hydroxylation is 2. The molecule has 0 saturated carbocycles. The molecule has 6 aromatic rings. The smallest absolute Gasteiger partial charge is 0.264 e. The third-order valence-electron chi connectivity index (χ3n) is 6.88. The van der Waals surface area contributed by atoms with Crippen molar-refractivity contribution in [3.05, 3.63) is 116 Å². The molecule has 11 heteroatoms. The number of para-hydroxylation sites is 1. The number of fused-ring (bicyclic) bond motifs is 2. The lowest BCUT2D eigenvalue weighted by Crippen LogP contribution is -2.33. The van der Waals surface area contributed by atoms with E-state index in [0.29, 0.717) is 37.8 Å². The van der Waals surface area contributed by atoms with Crippen molar-refractivity contribution >= 4 is 44.1 Å². The minimum atomic E-state index is -0.631. The van der Waals surface area contributed by atoms with E-state index >= 15 is 0 Å². The Morgan fingerprint density at radius 2 is 1.88 bits per heavy atom. The van der Waals surface area contributed by atoms with Crippen molar-refractivity contribution in [1.29, 1.82) is 0 Å². The van der Waals surface area contributed by atoms with E-state index in [1.807, 2.05) is 75.6 Å². The topological polar surface area (TPSA) is 125 Å². The molecule has 2 aromatic carbocycles. The predicted octanol–water partition coefficient (Wildman–Crippen LogP) is 4.31. The molecule has 0 radical (unpaired) electrons. The van der Waals surface area contributed by atoms with Gasteiger partial charge in [-0.15, -0.1) is 5.10 Å². The highest BCUT2D eigenvalue weighted by molar-refractivity contribution is 9.10. The normalized spacial score (nSPS) is 11.8. The molecule has 0 bridgehead atoms. The number of carbonyl (C=O) groups excluding carboxylic acids is 1. The van der Waals surface area contributed by atoms with Gasteiger partial charge >= 0.3 is 0 Å². The number of hydrogen-bond acceptors (Lipinski definition) is 6. The minimum absolute atomic E-state index is 0.0626. The zero-order valence-electron chi connectivity index (χ0n) is 23.0. The highest BCUT2D eigenvalue weighted by atomic mass is 79.9. The Kier molecular flexibility index (Phi) is 6.84. The van der Waals surface area contributed by atoms with Gasteiger partial charge in [0.25, 0.3) is 11.5 Å². The fourth-order valence-electron chi connectivity index (χ4n) is 4.96. The maximum atomic E-state index is 14.3. The van der Waals surface area contributed by atoms with Crippen molar-refractivity contribution < 1.29 is 4.79 Å². The first-order valence-electron chi connectivity index (χ1n) is 13.1. The monoisotopic (exact) mass is 620 g/mol. The van der Waals surface area contributed by atoms with Gasteiger partial charge in [-0.1, -0.05) is 42.2 Å². The van der Waals surface area contributed by atoms with E-state index in [4.69, 9.17) is 5.73 Å². The number of halogens is 1. The van der Waals surface area contributed by atoms with Crippen molar-refractivity contribution in [2.45, 2.75) is 19.9 Å². The minimum Gasteiger partial charge on any atom is -0.381 e. The molecule has 208 valence electrons. The van der Waals surface area contributed by atoms with Crippen LogP contribution in [-0.2, 0) is 7.05 Å². The van der Waals surface area contributed by atoms with Gasteiger partial charge in [0.05, 0.1) is 28.9 Å². The van der Waals surface area contributed by atoms with Crippen LogP contribution in [0.3, 0.4) is 0 Å². The molecule has 1 amide bonds. The highest BCUT2D eigenvalue weighted by Gasteiger charge is 2.26. The number of carbonyl (C=O) groups is 1. The summed E-state index contributed by atoms with van der Waals surface area (Å²) in [5.41, 5.74) is 9.64. The summed E-state index contributed by atoms with van der Waals surface area (Å²) < 4.78 is 5.41. The number of nitrogens with two attached hydrogens (primary N) is 1. The third kappa shape index (κ3) is 4.71. The standard InChI is InChI=1S/C31H25BrN8O2/c1-18-14-15-39-29(35-18)25(28(33)37-39)30(41)36-19(2)27-26(32)23-11-7-8-21(13-12-20-16-34-38(3)17-20)24(23)31(42)40(27)22-9-5-4-6-10-22/h4-11,14-17,19H,1-3H3,(H2,33,37)(H,36,41). The van der Waals surface area contributed by atoms with Gasteiger partial charge in [0, 0.05) is 46.2 Å². The summed E-state index contributed by atoms with van der Waals surface area (Å²) in [6.45, 7) is 3.64. The van der Waals surface area contributed by atoms with E-state index in [1.165, 1.54) is 4.52 Å². The van der Waals surface area contributed by atoms with E-state index in [2.05, 4.69) is 48.3 Å². The molecule has 1 unspecified atom stereocenters. The zero-order chi connectivity index (χ0) is 29.5. The molecule has 0 spiro atoms. The van der Waals surface area contributed by atoms with Crippen LogP contribution >= 0.6 is 15.9 Å². The number of amides is 1. The lowest BCUT2D eigenvalue weighted by molar-refractivity contribution is 0.0941. The summed E-state index contributed by atoms with van der Waals surface area (Å²) in [6.07, 6.45) is 5.19. The van der Waals surface area contributed by atoms with E-state index in [9.17, 15) is 9.59 Å². The van der Waals surface area contributed by atoms with Crippen molar-refractivity contribution in [1.82, 2.24) is 34.3 Å². The van der Waals surface area contributed by atoms with Crippen LogP contribution in [0.1, 0.15) is 45.8 Å². The SMILES string of the molecule is Cc1ccn2nc(N)c(C(=O)NC(C)c3c(Br)c4cccc(C#Cc5cnn(C)c5)c4c(=O)n3-c3ccccc3)c2n1. The molecule has 42 heavy (non-hydrogen) atoms. The lowest BCUT2D eigenvalue weighted by atomic mass is 10.0. The largest absolute Gasteiger partial charge is 0.381 e. The lowest BCUT2D eigenvalue weighted by Gasteiger charge is -2.23. The Hall–Kier alpha value is -5.21. The molecule has 4 aromatic heterocycles. The molecule has 6 rings (SSSR count). The van der Waals surface area contributed by atoms with Crippen LogP contribution in [0.4, 0.5) is 5.82 Å². The Morgan fingerprint density at radius 1 is 1.10 bits per heavy atom. The predicted molar refractivity (Wildman–Crippen MR) is 164 cm³/mol. The number of rotatable bonds is 4. The Labute approximate surface area is 248 Å². The molecular formula is C31H25BrN8O2. The Morgan fingerprint density at radius 3 is 2.62 bits per heavy atom. The molecule has 4 heterocycles. The maximum absolute atomic E-state index is 14.3. The number of benzene rings is 2. The van der Waals surface area contributed by atoms with E-state index in [0.717, 1.165) is 11.3 Å². The van der Waals surface area contributed by atoms with Gasteiger partial charge in [0.1, 0.15) is 5.56 Å². The first kappa shape index (κ1) is 27.0. The van der Waals surface area contributed by atoms with Gasteiger partial charge in [-0.05, 0) is 54.0 Å². The van der Waals surface area contributed by atoms with Crippen molar-refractivity contribution in [3.8, 4) is 17.5 Å². The number of nitrogen functional groups attached to an aromatic ring is 1. The average Bonchev–Trinajstić information content (AvgIpc) is 3.54. The molecule has 0 aliphatic carbocycles. The molecule has 1 atom stereocenters. The van der Waals surface area contributed by atoms with Crippen LogP contribution in [0.15, 0.2) is 82.5 Å². The Bertz CT molecular complexity index is 2130. The molecule has 10 nitrogen and oxygen atoms in total. The van der Waals surface area contributed by atoms with Crippen LogP contribution in [0.5, 0.6) is 0 Å². The van der Waals surface area contributed by atoms with Crippen LogP contribution in [-0.4, -0.2) is 34.9 Å². The van der Waals surface area contributed by atoms with Crippen LogP contribution in [0, 0.1) is 18.8 Å². The summed E-state index contributed by atoms with van der Waals surface area (Å²) in [5, 5.41) is 12.5. The van der Waals surface area contributed by atoms with Crippen molar-refractivity contribution in [2.24, 2.45) is 7.05 Å². The van der Waals surface area contributed by atoms with E-state index in [-0.39, 0.29) is 16.9 Å². The highest BCUT2D eigenvalue weighted by Crippen LogP contribution is 2.33. The van der Waals surface area contributed by atoms with E-state index < -0.39 is 11.9 Å². The molecular weight excluding hydrogens is 596 g/mol. The van der Waals surface area contributed by atoms with Crippen LogP contribution < -0.4 is 16.6 Å². The van der Waals surface area contributed by atoms with Gasteiger partial charge < -0.3 is 11.1 Å². The number of hydrogen-bond donors (Lipinski definition) is 2. The quantitative estimate of drug-likeness (QED) is 0.283. The summed E-state index contributed by atoms with van der Waals surface area (Å²) in [6, 6.07) is 16.0. The first-order chi connectivity index (χ1) is 20.2. The van der Waals surface area contributed by atoms with Gasteiger partial charge in [-0.2, -0.15) is 5.10 Å². The zero-order valence-corrected chi connectivity index (χ0v) is 24.5. The number of nitrogens with zero attached hydrogens (tertiary/aromatic N) is 6. The second-order valence-corrected chi connectivity index (χ2v) is 10.6. The average molecular weight is 621 g/mol. The summed E-state index contributed by atoms with van der Waals surface area (Å²) in [7, 11) is 1.82. The summed E-state index contributed by atoms with van der Waals surface area (Å²) in [5.74, 6) is 5.86. The van der Waals surface area contributed by atoms with Crippen LogP contribution in [0.2, 0.25) is 0 Å². The number of anilines is 1. The number of nitrogens with one attached hydrogen (secondary N) is 1. The maximum Gasteiger partial charge on any atom is 0.264 e. The molecule has 0 fully saturated rings. The van der Waals surface area contributed by atoms with Gasteiger partial charge in [0.15, 0.2) is 11.5 Å². The van der Waals surface area contributed by atoms with Gasteiger partial charge in [-0.3, -0.25) is 18.8 Å². The molecule has 0 saturated heterocycles. The molecule has 0 aliphatic heterocycles. The second-order valence-electron chi connectivity index (χ2n) is 9.85. The van der Waals surface area contributed by atoms with Gasteiger partial charge in [-0.25, -0.2) is 9.50 Å². The fourth-order valence-corrected chi connectivity index (χ4v) is 5.81. The molecule has 3 N–H and O–H groups in total. The first-order valence-corrected chi connectivity index (χ1v) is 13.9. The third-order valence-corrected chi connectivity index (χ3v) is 7.71. The van der Waals surface area contributed by atoms with Crippen LogP contribution in [0.25, 0.3) is 22.1 Å². The second kappa shape index (κ2) is 10.6. The summed E-state index contributed by atoms with van der Waals surface area (Å²) >= 11 is 3.77. The van der Waals surface area contributed by atoms with E-state index in [1.54, 1.807) is 27.7 Å². The van der Waals surface area contributed by atoms with Crippen molar-refractivity contribution in [2.75, 3.05) is 5.73 Å². The number of pyridine rings is 1. The number of aromatic nitrogens is 6. The van der Waals surface area contributed by atoms with Crippen molar-refractivity contribution in [3.63, 3.8) is 0 Å². The fraction of sp³-hybridized carbons (Fsp3) is 0.129. The van der Waals surface area contributed by atoms with Gasteiger partial charge in [0.2, 0.25) is 0 Å². The Balaban J connectivity index is 1.51. The summed E-state index contributed by atoms with van der Waals surface area (Å²) in [4.78, 5) is 32.4. The molecule has 0 aliphatic rings.